The van der Waals surface area contributed by atoms with E-state index < -0.39 is 12.1 Å². The van der Waals surface area contributed by atoms with Crippen LogP contribution in [0, 0.1) is 0 Å². The molecule has 0 radical (unpaired) electrons. The van der Waals surface area contributed by atoms with E-state index in [0.717, 1.165) is 31.0 Å². The number of carbonyl (C=O) groups excluding carboxylic acids is 1. The third-order valence-corrected chi connectivity index (χ3v) is 4.42. The molecular formula is C12H20N2O4S. The molecule has 2 atom stereocenters. The third kappa shape index (κ3) is 4.28. The van der Waals surface area contributed by atoms with E-state index in [-0.39, 0.29) is 12.1 Å². The molecule has 0 aliphatic carbocycles. The highest BCUT2D eigenvalue weighted by Gasteiger charge is 2.30. The minimum absolute atomic E-state index is 0.0649. The lowest BCUT2D eigenvalue weighted by Gasteiger charge is -2.21. The SMILES string of the molecule is O=C(O)C1CCC(CNC(=O)N2CCCSCC2)O1. The fourth-order valence-electron chi connectivity index (χ4n) is 2.30. The molecule has 2 N–H and O–H groups in total. The van der Waals surface area contributed by atoms with Crippen molar-refractivity contribution in [2.75, 3.05) is 31.1 Å². The molecule has 2 unspecified atom stereocenters. The molecule has 2 aliphatic heterocycles. The molecule has 6 nitrogen and oxygen atoms in total. The summed E-state index contributed by atoms with van der Waals surface area (Å²) in [6, 6.07) is -0.0649. The van der Waals surface area contributed by atoms with Gasteiger partial charge in [-0.25, -0.2) is 9.59 Å². The molecular weight excluding hydrogens is 268 g/mol. The summed E-state index contributed by atoms with van der Waals surface area (Å²) in [6.07, 6.45) is 1.35. The predicted octanol–water partition coefficient (Wildman–Crippen LogP) is 0.767. The first-order valence-electron chi connectivity index (χ1n) is 6.65. The van der Waals surface area contributed by atoms with Gasteiger partial charge in [0.1, 0.15) is 0 Å². The Morgan fingerprint density at radius 1 is 1.32 bits per heavy atom. The lowest BCUT2D eigenvalue weighted by Crippen LogP contribution is -2.44. The van der Waals surface area contributed by atoms with Gasteiger partial charge in [-0.2, -0.15) is 11.8 Å². The molecule has 2 heterocycles. The topological polar surface area (TPSA) is 78.9 Å². The standard InChI is InChI=1S/C12H20N2O4S/c15-11(16)10-3-2-9(18-10)8-13-12(17)14-4-1-6-19-7-5-14/h9-10H,1-8H2,(H,13,17)(H,15,16). The van der Waals surface area contributed by atoms with E-state index in [2.05, 4.69) is 5.32 Å². The highest BCUT2D eigenvalue weighted by Crippen LogP contribution is 2.19. The van der Waals surface area contributed by atoms with Crippen molar-refractivity contribution < 1.29 is 19.4 Å². The van der Waals surface area contributed by atoms with E-state index in [1.165, 1.54) is 0 Å². The van der Waals surface area contributed by atoms with Gasteiger partial charge in [0.25, 0.3) is 0 Å². The number of amides is 2. The van der Waals surface area contributed by atoms with Crippen LogP contribution in [0.5, 0.6) is 0 Å². The molecule has 0 spiro atoms. The summed E-state index contributed by atoms with van der Waals surface area (Å²) in [7, 11) is 0. The van der Waals surface area contributed by atoms with Gasteiger partial charge in [-0.05, 0) is 25.0 Å². The largest absolute Gasteiger partial charge is 0.479 e. The zero-order valence-corrected chi connectivity index (χ0v) is 11.7. The highest BCUT2D eigenvalue weighted by atomic mass is 32.2. The maximum absolute atomic E-state index is 12.0. The number of ether oxygens (including phenoxy) is 1. The van der Waals surface area contributed by atoms with Crippen LogP contribution in [-0.4, -0.2) is 65.4 Å². The maximum atomic E-state index is 12.0. The number of thioether (sulfide) groups is 1. The lowest BCUT2D eigenvalue weighted by molar-refractivity contribution is -0.149. The van der Waals surface area contributed by atoms with Crippen LogP contribution in [0.3, 0.4) is 0 Å². The second-order valence-corrected chi connectivity index (χ2v) is 6.03. The quantitative estimate of drug-likeness (QED) is 0.802. The van der Waals surface area contributed by atoms with Crippen LogP contribution in [0.25, 0.3) is 0 Å². The minimum atomic E-state index is -0.918. The Kier molecular flexibility index (Phi) is 5.33. The number of hydrogen-bond acceptors (Lipinski definition) is 4. The van der Waals surface area contributed by atoms with Gasteiger partial charge in [0.15, 0.2) is 6.10 Å². The van der Waals surface area contributed by atoms with Crippen molar-refractivity contribution in [1.82, 2.24) is 10.2 Å². The summed E-state index contributed by atoms with van der Waals surface area (Å²) in [5, 5.41) is 11.7. The monoisotopic (exact) mass is 288 g/mol. The number of nitrogens with one attached hydrogen (secondary N) is 1. The van der Waals surface area contributed by atoms with Crippen molar-refractivity contribution in [3.05, 3.63) is 0 Å². The Bertz CT molecular complexity index is 332. The van der Waals surface area contributed by atoms with Crippen LogP contribution in [0.4, 0.5) is 4.79 Å². The number of urea groups is 1. The van der Waals surface area contributed by atoms with Crippen molar-refractivity contribution in [1.29, 1.82) is 0 Å². The van der Waals surface area contributed by atoms with Crippen LogP contribution in [0.1, 0.15) is 19.3 Å². The fraction of sp³-hybridized carbons (Fsp3) is 0.833. The molecule has 0 aromatic heterocycles. The second-order valence-electron chi connectivity index (χ2n) is 4.80. The van der Waals surface area contributed by atoms with Gasteiger partial charge >= 0.3 is 12.0 Å². The maximum Gasteiger partial charge on any atom is 0.332 e. The zero-order chi connectivity index (χ0) is 13.7. The second kappa shape index (κ2) is 7.00. The van der Waals surface area contributed by atoms with Gasteiger partial charge in [-0.3, -0.25) is 0 Å². The molecule has 0 saturated carbocycles. The van der Waals surface area contributed by atoms with Gasteiger partial charge in [0, 0.05) is 25.4 Å². The van der Waals surface area contributed by atoms with Crippen molar-refractivity contribution in [3.8, 4) is 0 Å². The molecule has 2 rings (SSSR count). The van der Waals surface area contributed by atoms with E-state index in [0.29, 0.717) is 19.4 Å². The van der Waals surface area contributed by atoms with Gasteiger partial charge in [-0.1, -0.05) is 0 Å². The Balaban J connectivity index is 1.70. The van der Waals surface area contributed by atoms with Crippen molar-refractivity contribution in [3.63, 3.8) is 0 Å². The van der Waals surface area contributed by atoms with E-state index in [4.69, 9.17) is 9.84 Å². The lowest BCUT2D eigenvalue weighted by atomic mass is 10.2. The summed E-state index contributed by atoms with van der Waals surface area (Å²) in [4.78, 5) is 24.5. The number of carbonyl (C=O) groups is 2. The molecule has 7 heteroatoms. The number of carboxylic acids is 1. The normalized spacial score (nSPS) is 27.9. The van der Waals surface area contributed by atoms with Crippen LogP contribution < -0.4 is 5.32 Å². The first-order chi connectivity index (χ1) is 9.16. The fourth-order valence-corrected chi connectivity index (χ4v) is 3.19. The summed E-state index contributed by atoms with van der Waals surface area (Å²) in [6.45, 7) is 1.97. The number of rotatable bonds is 3. The van der Waals surface area contributed by atoms with Gasteiger partial charge in [-0.15, -0.1) is 0 Å². The third-order valence-electron chi connectivity index (χ3n) is 3.37. The molecule has 108 valence electrons. The zero-order valence-electron chi connectivity index (χ0n) is 10.8. The number of nitrogens with zero attached hydrogens (tertiary/aromatic N) is 1. The Labute approximate surface area is 116 Å². The van der Waals surface area contributed by atoms with Gasteiger partial charge in [0.2, 0.25) is 0 Å². The average molecular weight is 288 g/mol. The number of hydrogen-bond donors (Lipinski definition) is 2. The molecule has 19 heavy (non-hydrogen) atoms. The van der Waals surface area contributed by atoms with Gasteiger partial charge in [0.05, 0.1) is 6.10 Å². The minimum Gasteiger partial charge on any atom is -0.479 e. The Hall–Kier alpha value is -0.950. The molecule has 0 aromatic rings. The molecule has 0 aromatic carbocycles. The van der Waals surface area contributed by atoms with E-state index in [1.807, 2.05) is 16.7 Å². The Morgan fingerprint density at radius 2 is 2.16 bits per heavy atom. The first-order valence-corrected chi connectivity index (χ1v) is 7.81. The van der Waals surface area contributed by atoms with Gasteiger partial charge < -0.3 is 20.1 Å². The molecule has 2 saturated heterocycles. The Morgan fingerprint density at radius 3 is 2.89 bits per heavy atom. The van der Waals surface area contributed by atoms with Crippen molar-refractivity contribution in [2.45, 2.75) is 31.5 Å². The first kappa shape index (κ1) is 14.5. The average Bonchev–Trinajstić information content (AvgIpc) is 2.70. The summed E-state index contributed by atoms with van der Waals surface area (Å²) in [5.74, 6) is 1.17. The van der Waals surface area contributed by atoms with Crippen LogP contribution >= 0.6 is 11.8 Å². The number of carboxylic acid groups (broad SMARTS) is 1. The van der Waals surface area contributed by atoms with Crippen molar-refractivity contribution in [2.24, 2.45) is 0 Å². The van der Waals surface area contributed by atoms with Crippen LogP contribution in [0.15, 0.2) is 0 Å². The summed E-state index contributed by atoms with van der Waals surface area (Å²) >= 11 is 1.87. The van der Waals surface area contributed by atoms with Crippen LogP contribution in [-0.2, 0) is 9.53 Å². The van der Waals surface area contributed by atoms with Crippen LogP contribution in [0.2, 0.25) is 0 Å². The molecule has 2 aliphatic rings. The smallest absolute Gasteiger partial charge is 0.332 e. The van der Waals surface area contributed by atoms with Crippen molar-refractivity contribution >= 4 is 23.8 Å². The van der Waals surface area contributed by atoms with E-state index in [9.17, 15) is 9.59 Å². The summed E-state index contributed by atoms with van der Waals surface area (Å²) in [5.41, 5.74) is 0. The molecule has 0 bridgehead atoms. The highest BCUT2D eigenvalue weighted by molar-refractivity contribution is 7.99. The molecule has 2 fully saturated rings. The van der Waals surface area contributed by atoms with E-state index >= 15 is 0 Å². The summed E-state index contributed by atoms with van der Waals surface area (Å²) < 4.78 is 5.35. The number of aliphatic carboxylic acids is 1. The molecule has 2 amide bonds. The predicted molar refractivity (Wildman–Crippen MR) is 72.4 cm³/mol. The van der Waals surface area contributed by atoms with E-state index in [1.54, 1.807) is 0 Å².